The van der Waals surface area contributed by atoms with Gasteiger partial charge >= 0.3 is 0 Å². The Morgan fingerprint density at radius 1 is 1.09 bits per heavy atom. The van der Waals surface area contributed by atoms with E-state index in [-0.39, 0.29) is 5.91 Å². The number of nitrogens with zero attached hydrogens (tertiary/aromatic N) is 1. The van der Waals surface area contributed by atoms with Crippen LogP contribution in [-0.4, -0.2) is 17.4 Å². The van der Waals surface area contributed by atoms with Crippen molar-refractivity contribution >= 4 is 5.91 Å². The third kappa shape index (κ3) is 5.40. The molecule has 0 saturated heterocycles. The predicted molar refractivity (Wildman–Crippen MR) is 88.4 cm³/mol. The van der Waals surface area contributed by atoms with E-state index in [0.29, 0.717) is 13.0 Å². The van der Waals surface area contributed by atoms with Crippen LogP contribution in [0.2, 0.25) is 0 Å². The SMILES string of the molecule is CCCCCC(=O)N(CCc1ccccc1)Cc1ccco1. The number of hydrogen-bond donors (Lipinski definition) is 0. The van der Waals surface area contributed by atoms with Gasteiger partial charge in [0.15, 0.2) is 0 Å². The van der Waals surface area contributed by atoms with Crippen molar-refractivity contribution in [3.05, 3.63) is 60.1 Å². The first-order valence-electron chi connectivity index (χ1n) is 8.13. The number of unbranched alkanes of at least 4 members (excludes halogenated alkanes) is 2. The number of carbonyl (C=O) groups excluding carboxylic acids is 1. The third-order valence-electron chi connectivity index (χ3n) is 3.79. The third-order valence-corrected chi connectivity index (χ3v) is 3.79. The van der Waals surface area contributed by atoms with Gasteiger partial charge in [0, 0.05) is 13.0 Å². The van der Waals surface area contributed by atoms with Gasteiger partial charge in [-0.2, -0.15) is 0 Å². The van der Waals surface area contributed by atoms with Crippen LogP contribution in [0.15, 0.2) is 53.1 Å². The zero-order chi connectivity index (χ0) is 15.6. The molecule has 0 bridgehead atoms. The van der Waals surface area contributed by atoms with Crippen LogP contribution in [0.1, 0.15) is 43.9 Å². The van der Waals surface area contributed by atoms with E-state index in [1.165, 1.54) is 5.56 Å². The van der Waals surface area contributed by atoms with Gasteiger partial charge in [0.25, 0.3) is 0 Å². The average Bonchev–Trinajstić information content (AvgIpc) is 3.05. The molecule has 2 aromatic rings. The highest BCUT2D eigenvalue weighted by Crippen LogP contribution is 2.11. The molecule has 0 atom stereocenters. The molecule has 2 rings (SSSR count). The number of hydrogen-bond acceptors (Lipinski definition) is 2. The Bertz CT molecular complexity index is 534. The summed E-state index contributed by atoms with van der Waals surface area (Å²) in [6.07, 6.45) is 6.38. The van der Waals surface area contributed by atoms with Gasteiger partial charge in [0.2, 0.25) is 5.91 Å². The summed E-state index contributed by atoms with van der Waals surface area (Å²) in [5.74, 6) is 1.07. The minimum absolute atomic E-state index is 0.223. The summed E-state index contributed by atoms with van der Waals surface area (Å²) >= 11 is 0. The molecule has 1 heterocycles. The Morgan fingerprint density at radius 2 is 1.91 bits per heavy atom. The summed E-state index contributed by atoms with van der Waals surface area (Å²) in [6.45, 7) is 3.45. The number of amides is 1. The van der Waals surface area contributed by atoms with Gasteiger partial charge in [0.1, 0.15) is 5.76 Å². The summed E-state index contributed by atoms with van der Waals surface area (Å²) in [7, 11) is 0. The van der Waals surface area contributed by atoms with Gasteiger partial charge < -0.3 is 9.32 Å². The molecule has 0 saturated carbocycles. The van der Waals surface area contributed by atoms with Gasteiger partial charge in [-0.05, 0) is 30.5 Å². The first-order valence-corrected chi connectivity index (χ1v) is 8.13. The highest BCUT2D eigenvalue weighted by Gasteiger charge is 2.14. The zero-order valence-corrected chi connectivity index (χ0v) is 13.3. The molecule has 0 aliphatic carbocycles. The van der Waals surface area contributed by atoms with Crippen LogP contribution < -0.4 is 0 Å². The van der Waals surface area contributed by atoms with Crippen LogP contribution in [0.25, 0.3) is 0 Å². The summed E-state index contributed by atoms with van der Waals surface area (Å²) in [5, 5.41) is 0. The molecule has 3 nitrogen and oxygen atoms in total. The maximum atomic E-state index is 12.4. The molecule has 0 aliphatic rings. The smallest absolute Gasteiger partial charge is 0.222 e. The fraction of sp³-hybridized carbons (Fsp3) is 0.421. The second-order valence-corrected chi connectivity index (χ2v) is 5.59. The van der Waals surface area contributed by atoms with Gasteiger partial charge in [-0.15, -0.1) is 0 Å². The van der Waals surface area contributed by atoms with Gasteiger partial charge in [0.05, 0.1) is 12.8 Å². The Labute approximate surface area is 132 Å². The first-order chi connectivity index (χ1) is 10.8. The molecule has 0 N–H and O–H groups in total. The fourth-order valence-electron chi connectivity index (χ4n) is 2.48. The van der Waals surface area contributed by atoms with E-state index in [0.717, 1.165) is 38.0 Å². The number of benzene rings is 1. The van der Waals surface area contributed by atoms with Crippen molar-refractivity contribution < 1.29 is 9.21 Å². The maximum absolute atomic E-state index is 12.4. The molecular weight excluding hydrogens is 274 g/mol. The van der Waals surface area contributed by atoms with Gasteiger partial charge in [-0.1, -0.05) is 50.1 Å². The van der Waals surface area contributed by atoms with E-state index in [4.69, 9.17) is 4.42 Å². The first kappa shape index (κ1) is 16.3. The minimum atomic E-state index is 0.223. The van der Waals surface area contributed by atoms with Crippen molar-refractivity contribution in [2.45, 2.75) is 45.6 Å². The number of furan rings is 1. The summed E-state index contributed by atoms with van der Waals surface area (Å²) in [5.41, 5.74) is 1.26. The van der Waals surface area contributed by atoms with Crippen LogP contribution in [0, 0.1) is 0 Å². The van der Waals surface area contributed by atoms with Crippen LogP contribution in [0.4, 0.5) is 0 Å². The molecule has 118 valence electrons. The number of rotatable bonds is 9. The lowest BCUT2D eigenvalue weighted by molar-refractivity contribution is -0.132. The van der Waals surface area contributed by atoms with Crippen molar-refractivity contribution in [1.82, 2.24) is 4.90 Å². The topological polar surface area (TPSA) is 33.5 Å². The lowest BCUT2D eigenvalue weighted by atomic mass is 10.1. The van der Waals surface area contributed by atoms with Crippen LogP contribution >= 0.6 is 0 Å². The molecule has 22 heavy (non-hydrogen) atoms. The normalized spacial score (nSPS) is 10.6. The summed E-state index contributed by atoms with van der Waals surface area (Å²) < 4.78 is 5.40. The Balaban J connectivity index is 1.93. The molecule has 0 unspecified atom stereocenters. The predicted octanol–water partition coefficient (Wildman–Crippen LogP) is 4.43. The average molecular weight is 299 g/mol. The van der Waals surface area contributed by atoms with Crippen molar-refractivity contribution in [3.63, 3.8) is 0 Å². The lowest BCUT2D eigenvalue weighted by Crippen LogP contribution is -2.32. The van der Waals surface area contributed by atoms with E-state index in [1.54, 1.807) is 6.26 Å². The molecule has 0 fully saturated rings. The van der Waals surface area contributed by atoms with E-state index >= 15 is 0 Å². The van der Waals surface area contributed by atoms with E-state index in [9.17, 15) is 4.79 Å². The van der Waals surface area contributed by atoms with Crippen LogP contribution in [-0.2, 0) is 17.8 Å². The van der Waals surface area contributed by atoms with Crippen molar-refractivity contribution in [2.24, 2.45) is 0 Å². The monoisotopic (exact) mass is 299 g/mol. The van der Waals surface area contributed by atoms with E-state index < -0.39 is 0 Å². The van der Waals surface area contributed by atoms with Crippen LogP contribution in [0.3, 0.4) is 0 Å². The molecule has 0 spiro atoms. The number of carbonyl (C=O) groups is 1. The Hall–Kier alpha value is -2.03. The van der Waals surface area contributed by atoms with Gasteiger partial charge in [-0.25, -0.2) is 0 Å². The molecule has 1 amide bonds. The highest BCUT2D eigenvalue weighted by molar-refractivity contribution is 5.76. The van der Waals surface area contributed by atoms with Crippen molar-refractivity contribution in [1.29, 1.82) is 0 Å². The summed E-state index contributed by atoms with van der Waals surface area (Å²) in [6, 6.07) is 14.1. The van der Waals surface area contributed by atoms with Crippen molar-refractivity contribution in [2.75, 3.05) is 6.54 Å². The second kappa shape index (κ2) is 9.08. The molecule has 1 aromatic carbocycles. The quantitative estimate of drug-likeness (QED) is 0.642. The largest absolute Gasteiger partial charge is 0.467 e. The fourth-order valence-corrected chi connectivity index (χ4v) is 2.48. The molecule has 1 aromatic heterocycles. The Morgan fingerprint density at radius 3 is 2.59 bits per heavy atom. The van der Waals surface area contributed by atoms with Crippen molar-refractivity contribution in [3.8, 4) is 0 Å². The summed E-state index contributed by atoms with van der Waals surface area (Å²) in [4.78, 5) is 14.4. The lowest BCUT2D eigenvalue weighted by Gasteiger charge is -2.22. The molecule has 3 heteroatoms. The Kier molecular flexibility index (Phi) is 6.75. The van der Waals surface area contributed by atoms with E-state index in [1.807, 2.05) is 35.2 Å². The standard InChI is InChI=1S/C19H25NO2/c1-2-3-5-12-19(21)20(16-18-11-8-15-22-18)14-13-17-9-6-4-7-10-17/h4,6-11,15H,2-3,5,12-14,16H2,1H3. The highest BCUT2D eigenvalue weighted by atomic mass is 16.3. The van der Waals surface area contributed by atoms with Crippen LogP contribution in [0.5, 0.6) is 0 Å². The second-order valence-electron chi connectivity index (χ2n) is 5.59. The molecule has 0 aliphatic heterocycles. The minimum Gasteiger partial charge on any atom is -0.467 e. The zero-order valence-electron chi connectivity index (χ0n) is 13.3. The maximum Gasteiger partial charge on any atom is 0.222 e. The van der Waals surface area contributed by atoms with E-state index in [2.05, 4.69) is 19.1 Å². The molecular formula is C19H25NO2. The van der Waals surface area contributed by atoms with Gasteiger partial charge in [-0.3, -0.25) is 4.79 Å². The molecule has 0 radical (unpaired) electrons.